The predicted molar refractivity (Wildman–Crippen MR) is 190 cm³/mol. The van der Waals surface area contributed by atoms with Crippen LogP contribution in [0.2, 0.25) is 0 Å². The number of carbonyl (C=O) groups is 2. The lowest BCUT2D eigenvalue weighted by Gasteiger charge is -2.46. The minimum atomic E-state index is -0.462. The van der Waals surface area contributed by atoms with Gasteiger partial charge in [-0.15, -0.1) is 0 Å². The largest absolute Gasteiger partial charge is 0.412 e. The summed E-state index contributed by atoms with van der Waals surface area (Å²) in [6, 6.07) is 12.2. The number of benzene rings is 2. The van der Waals surface area contributed by atoms with Crippen LogP contribution in [0.15, 0.2) is 36.4 Å². The lowest BCUT2D eigenvalue weighted by atomic mass is 9.62. The van der Waals surface area contributed by atoms with Gasteiger partial charge in [0.05, 0.1) is 0 Å². The number of rotatable bonds is 5. The molecule has 2 aromatic carbocycles. The third-order valence-electron chi connectivity index (χ3n) is 9.14. The molecular formula is C40H62N2O4. The molecular weight excluding hydrogens is 572 g/mol. The van der Waals surface area contributed by atoms with Crippen LogP contribution in [-0.4, -0.2) is 24.8 Å². The van der Waals surface area contributed by atoms with Crippen LogP contribution in [0, 0.1) is 10.8 Å². The molecule has 1 fully saturated rings. The monoisotopic (exact) mass is 634 g/mol. The highest BCUT2D eigenvalue weighted by molar-refractivity contribution is 5.72. The van der Waals surface area contributed by atoms with Gasteiger partial charge in [-0.3, -0.25) is 0 Å². The number of ether oxygens (including phenoxy) is 2. The van der Waals surface area contributed by atoms with Crippen molar-refractivity contribution in [2.45, 2.75) is 151 Å². The van der Waals surface area contributed by atoms with Crippen LogP contribution < -0.4 is 20.1 Å². The first-order chi connectivity index (χ1) is 20.7. The van der Waals surface area contributed by atoms with Crippen molar-refractivity contribution >= 4 is 12.2 Å². The molecule has 0 heterocycles. The molecule has 2 amide bonds. The molecule has 2 atom stereocenters. The number of hydrogen-bond acceptors (Lipinski definition) is 4. The fourth-order valence-corrected chi connectivity index (χ4v) is 6.93. The quantitative estimate of drug-likeness (QED) is 0.343. The van der Waals surface area contributed by atoms with Crippen molar-refractivity contribution in [2.24, 2.45) is 10.8 Å². The Balaban J connectivity index is 1.71. The molecule has 2 aromatic rings. The van der Waals surface area contributed by atoms with E-state index in [0.29, 0.717) is 24.5 Å². The lowest BCUT2D eigenvalue weighted by molar-refractivity contribution is 0.0701. The molecule has 1 aliphatic rings. The Morgan fingerprint density at radius 2 is 1.11 bits per heavy atom. The fourth-order valence-electron chi connectivity index (χ4n) is 6.93. The smallest absolute Gasteiger partial charge is 0.410 e. The van der Waals surface area contributed by atoms with Gasteiger partial charge in [0.15, 0.2) is 0 Å². The molecule has 6 nitrogen and oxygen atoms in total. The van der Waals surface area contributed by atoms with E-state index < -0.39 is 12.2 Å². The molecule has 6 heteroatoms. The Labute approximate surface area is 279 Å². The topological polar surface area (TPSA) is 76.7 Å². The second kappa shape index (κ2) is 12.9. The molecule has 2 unspecified atom stereocenters. The summed E-state index contributed by atoms with van der Waals surface area (Å²) in [6.45, 7) is 33.0. The van der Waals surface area contributed by atoms with Gasteiger partial charge < -0.3 is 20.1 Å². The van der Waals surface area contributed by atoms with Crippen molar-refractivity contribution in [3.63, 3.8) is 0 Å². The van der Waals surface area contributed by atoms with E-state index in [1.165, 1.54) is 11.1 Å². The zero-order valence-corrected chi connectivity index (χ0v) is 31.5. The molecule has 256 valence electrons. The van der Waals surface area contributed by atoms with Crippen molar-refractivity contribution < 1.29 is 19.1 Å². The highest BCUT2D eigenvalue weighted by atomic mass is 16.6. The van der Waals surface area contributed by atoms with Crippen molar-refractivity contribution in [3.05, 3.63) is 58.7 Å². The van der Waals surface area contributed by atoms with Crippen LogP contribution in [0.4, 0.5) is 9.59 Å². The Bertz CT molecular complexity index is 1410. The predicted octanol–water partition coefficient (Wildman–Crippen LogP) is 10.3. The molecule has 0 saturated heterocycles. The Morgan fingerprint density at radius 1 is 0.674 bits per heavy atom. The second-order valence-electron chi connectivity index (χ2n) is 19.0. The fraction of sp³-hybridized carbons (Fsp3) is 0.650. The van der Waals surface area contributed by atoms with E-state index in [9.17, 15) is 9.59 Å². The first-order valence-electron chi connectivity index (χ1n) is 16.9. The SMILES string of the molecule is CC1(C)CC(NC(=O)Oc2ccc(C(C)(C)C)cc2C(C)(C)C)CC(C)(CNC(=O)Oc2ccc(C(C)(C)C)cc2C(C)(C)C)C1. The standard InChI is InChI=1S/C40H62N2O4/c1-35(2,3)26-16-18-31(29(20-26)37(7,8)9)45-33(43)41-25-40(15)23-28(22-39(13,14)24-40)42-34(44)46-32-19-17-27(36(4,5)6)21-30(32)38(10,11)12/h16-21,28H,22-25H2,1-15H3,(H,41,43)(H,42,44). The summed E-state index contributed by atoms with van der Waals surface area (Å²) >= 11 is 0. The van der Waals surface area contributed by atoms with Gasteiger partial charge >= 0.3 is 12.2 Å². The van der Waals surface area contributed by atoms with Gasteiger partial charge in [0, 0.05) is 23.7 Å². The van der Waals surface area contributed by atoms with Crippen LogP contribution in [0.3, 0.4) is 0 Å². The molecule has 3 rings (SSSR count). The maximum Gasteiger partial charge on any atom is 0.412 e. The highest BCUT2D eigenvalue weighted by Gasteiger charge is 2.42. The summed E-state index contributed by atoms with van der Waals surface area (Å²) in [4.78, 5) is 26.5. The summed E-state index contributed by atoms with van der Waals surface area (Å²) in [5.74, 6) is 1.17. The van der Waals surface area contributed by atoms with Gasteiger partial charge in [0.2, 0.25) is 0 Å². The van der Waals surface area contributed by atoms with E-state index in [1.54, 1.807) is 0 Å². The average molecular weight is 635 g/mol. The molecule has 0 radical (unpaired) electrons. The van der Waals surface area contributed by atoms with E-state index in [-0.39, 0.29) is 38.5 Å². The second-order valence-corrected chi connectivity index (χ2v) is 19.0. The maximum absolute atomic E-state index is 13.3. The van der Waals surface area contributed by atoms with E-state index in [0.717, 1.165) is 24.0 Å². The summed E-state index contributed by atoms with van der Waals surface area (Å²) in [7, 11) is 0. The minimum Gasteiger partial charge on any atom is -0.410 e. The summed E-state index contributed by atoms with van der Waals surface area (Å²) in [6.07, 6.45) is 1.54. The van der Waals surface area contributed by atoms with E-state index in [2.05, 4.69) is 127 Å². The number of hydrogen-bond donors (Lipinski definition) is 2. The Morgan fingerprint density at radius 3 is 1.52 bits per heavy atom. The first-order valence-corrected chi connectivity index (χ1v) is 16.9. The molecule has 0 bridgehead atoms. The molecule has 1 saturated carbocycles. The molecule has 0 spiro atoms. The van der Waals surface area contributed by atoms with Crippen molar-refractivity contribution in [2.75, 3.05) is 6.54 Å². The minimum absolute atomic E-state index is 0.00801. The number of carbonyl (C=O) groups excluding carboxylic acids is 2. The average Bonchev–Trinajstić information content (AvgIpc) is 2.84. The third-order valence-corrected chi connectivity index (χ3v) is 9.14. The van der Waals surface area contributed by atoms with Crippen LogP contribution in [0.25, 0.3) is 0 Å². The normalized spacial score (nSPS) is 20.5. The van der Waals surface area contributed by atoms with Crippen LogP contribution in [-0.2, 0) is 21.7 Å². The highest BCUT2D eigenvalue weighted by Crippen LogP contribution is 2.46. The summed E-state index contributed by atoms with van der Waals surface area (Å²) in [5.41, 5.74) is 3.75. The van der Waals surface area contributed by atoms with Crippen LogP contribution in [0.5, 0.6) is 11.5 Å². The Hall–Kier alpha value is -3.02. The molecule has 0 aromatic heterocycles. The van der Waals surface area contributed by atoms with E-state index in [1.807, 2.05) is 24.3 Å². The van der Waals surface area contributed by atoms with Gasteiger partial charge in [0.25, 0.3) is 0 Å². The van der Waals surface area contributed by atoms with E-state index in [4.69, 9.17) is 9.47 Å². The van der Waals surface area contributed by atoms with Crippen molar-refractivity contribution in [1.82, 2.24) is 10.6 Å². The maximum atomic E-state index is 13.3. The third kappa shape index (κ3) is 9.99. The Kier molecular flexibility index (Phi) is 10.5. The van der Waals surface area contributed by atoms with Crippen LogP contribution >= 0.6 is 0 Å². The van der Waals surface area contributed by atoms with Crippen molar-refractivity contribution in [3.8, 4) is 11.5 Å². The van der Waals surface area contributed by atoms with Crippen LogP contribution in [0.1, 0.15) is 145 Å². The van der Waals surface area contributed by atoms with Crippen molar-refractivity contribution in [1.29, 1.82) is 0 Å². The molecule has 46 heavy (non-hydrogen) atoms. The molecule has 1 aliphatic carbocycles. The van der Waals surface area contributed by atoms with E-state index >= 15 is 0 Å². The number of amides is 2. The summed E-state index contributed by atoms with van der Waals surface area (Å²) < 4.78 is 11.9. The first kappa shape index (κ1) is 37.4. The zero-order chi connectivity index (χ0) is 35.1. The van der Waals surface area contributed by atoms with Gasteiger partial charge in [-0.25, -0.2) is 9.59 Å². The van der Waals surface area contributed by atoms with Gasteiger partial charge in [-0.2, -0.15) is 0 Å². The van der Waals surface area contributed by atoms with Gasteiger partial charge in [-0.1, -0.05) is 128 Å². The van der Waals surface area contributed by atoms with Gasteiger partial charge in [-0.05, 0) is 75.0 Å². The summed E-state index contributed by atoms with van der Waals surface area (Å²) in [5, 5.41) is 6.22. The molecule has 0 aliphatic heterocycles. The number of nitrogens with one attached hydrogen (secondary N) is 2. The molecule has 2 N–H and O–H groups in total. The lowest BCUT2D eigenvalue weighted by Crippen LogP contribution is -2.51. The van der Waals surface area contributed by atoms with Gasteiger partial charge in [0.1, 0.15) is 11.5 Å². The zero-order valence-electron chi connectivity index (χ0n) is 31.5.